The lowest BCUT2D eigenvalue weighted by molar-refractivity contribution is 0.102. The number of carbonyl (C=O) groups excluding carboxylic acids is 1. The molecule has 0 aliphatic rings. The van der Waals surface area contributed by atoms with E-state index < -0.39 is 5.91 Å². The Balaban J connectivity index is 1.79. The van der Waals surface area contributed by atoms with Crippen LogP contribution in [0.2, 0.25) is 0 Å². The summed E-state index contributed by atoms with van der Waals surface area (Å²) < 4.78 is 0. The molecule has 2 heterocycles. The van der Waals surface area contributed by atoms with Gasteiger partial charge in [0.1, 0.15) is 10.0 Å². The molecule has 0 unspecified atom stereocenters. The van der Waals surface area contributed by atoms with E-state index in [9.17, 15) is 4.79 Å². The number of carbonyl (C=O) groups is 1. The average molecular weight is 297 g/mol. The van der Waals surface area contributed by atoms with E-state index in [0.29, 0.717) is 5.00 Å². The molecule has 0 bridgehead atoms. The van der Waals surface area contributed by atoms with Crippen LogP contribution >= 0.6 is 11.3 Å². The zero-order chi connectivity index (χ0) is 14.7. The number of nitrogens with zero attached hydrogens (tertiary/aromatic N) is 3. The predicted molar refractivity (Wildman–Crippen MR) is 81.9 cm³/mol. The van der Waals surface area contributed by atoms with E-state index in [-0.39, 0.29) is 11.5 Å². The van der Waals surface area contributed by atoms with E-state index in [1.54, 1.807) is 6.20 Å². The van der Waals surface area contributed by atoms with Crippen LogP contribution in [0.1, 0.15) is 10.5 Å². The number of benzene rings is 1. The molecule has 0 saturated heterocycles. The smallest absolute Gasteiger partial charge is 0.278 e. The molecule has 2 aromatic heterocycles. The number of amides is 1. The lowest BCUT2D eigenvalue weighted by atomic mass is 10.2. The molecular formula is C14H11N5OS. The average Bonchev–Trinajstić information content (AvgIpc) is 2.97. The summed E-state index contributed by atoms with van der Waals surface area (Å²) in [4.78, 5) is 24.1. The number of nitrogens with two attached hydrogens (primary N) is 1. The van der Waals surface area contributed by atoms with Crippen molar-refractivity contribution in [1.82, 2.24) is 15.0 Å². The molecule has 3 N–H and O–H groups in total. The zero-order valence-electron chi connectivity index (χ0n) is 10.9. The topological polar surface area (TPSA) is 93.8 Å². The molecule has 0 spiro atoms. The number of hydrogen-bond donors (Lipinski definition) is 2. The van der Waals surface area contributed by atoms with Crippen molar-refractivity contribution in [2.24, 2.45) is 0 Å². The van der Waals surface area contributed by atoms with Gasteiger partial charge in [0.25, 0.3) is 5.91 Å². The zero-order valence-corrected chi connectivity index (χ0v) is 11.7. The van der Waals surface area contributed by atoms with Crippen molar-refractivity contribution in [3.05, 3.63) is 54.6 Å². The maximum absolute atomic E-state index is 12.1. The maximum Gasteiger partial charge on any atom is 0.278 e. The standard InChI is InChI=1S/C14H11N5OS/c15-12-11(16-6-7-17-12)13(20)19-10-8-18-14(21-10)9-4-2-1-3-5-9/h1-8H,(H2,15,17)(H,19,20). The van der Waals surface area contributed by atoms with Gasteiger partial charge in [-0.25, -0.2) is 15.0 Å². The van der Waals surface area contributed by atoms with Crippen molar-refractivity contribution in [3.8, 4) is 10.6 Å². The molecular weight excluding hydrogens is 286 g/mol. The molecule has 7 heteroatoms. The number of nitrogens with one attached hydrogen (secondary N) is 1. The summed E-state index contributed by atoms with van der Waals surface area (Å²) in [6.45, 7) is 0. The molecule has 0 radical (unpaired) electrons. The van der Waals surface area contributed by atoms with E-state index >= 15 is 0 Å². The van der Waals surface area contributed by atoms with Crippen molar-refractivity contribution >= 4 is 28.1 Å². The van der Waals surface area contributed by atoms with Crippen molar-refractivity contribution in [2.45, 2.75) is 0 Å². The van der Waals surface area contributed by atoms with Gasteiger partial charge in [-0.15, -0.1) is 0 Å². The highest BCUT2D eigenvalue weighted by Crippen LogP contribution is 2.28. The second kappa shape index (κ2) is 5.68. The Kier molecular flexibility index (Phi) is 3.57. The fourth-order valence-corrected chi connectivity index (χ4v) is 2.56. The SMILES string of the molecule is Nc1nccnc1C(=O)Nc1cnc(-c2ccccc2)s1. The first kappa shape index (κ1) is 13.2. The lowest BCUT2D eigenvalue weighted by Crippen LogP contribution is -2.15. The molecule has 104 valence electrons. The fourth-order valence-electron chi connectivity index (χ4n) is 1.74. The van der Waals surface area contributed by atoms with Gasteiger partial charge in [0.15, 0.2) is 11.5 Å². The third-order valence-corrected chi connectivity index (χ3v) is 3.67. The largest absolute Gasteiger partial charge is 0.382 e. The van der Waals surface area contributed by atoms with Gasteiger partial charge in [-0.3, -0.25) is 4.79 Å². The molecule has 1 aromatic carbocycles. The summed E-state index contributed by atoms with van der Waals surface area (Å²) in [6.07, 6.45) is 4.47. The Labute approximate surface area is 124 Å². The number of rotatable bonds is 3. The Morgan fingerprint density at radius 1 is 1.10 bits per heavy atom. The van der Waals surface area contributed by atoms with E-state index in [4.69, 9.17) is 5.73 Å². The van der Waals surface area contributed by atoms with Crippen LogP contribution in [-0.4, -0.2) is 20.9 Å². The minimum Gasteiger partial charge on any atom is -0.382 e. The Hall–Kier alpha value is -2.80. The van der Waals surface area contributed by atoms with Gasteiger partial charge in [0.05, 0.1) is 6.20 Å². The van der Waals surface area contributed by atoms with Gasteiger partial charge >= 0.3 is 0 Å². The number of thiazole rings is 1. The minimum absolute atomic E-state index is 0.0998. The van der Waals surface area contributed by atoms with Crippen molar-refractivity contribution in [1.29, 1.82) is 0 Å². The van der Waals surface area contributed by atoms with E-state index in [0.717, 1.165) is 10.6 Å². The predicted octanol–water partition coefficient (Wildman–Crippen LogP) is 2.43. The van der Waals surface area contributed by atoms with Gasteiger partial charge in [0, 0.05) is 18.0 Å². The summed E-state index contributed by atoms with van der Waals surface area (Å²) in [5, 5.41) is 4.18. The summed E-state index contributed by atoms with van der Waals surface area (Å²) in [7, 11) is 0. The second-order valence-corrected chi connectivity index (χ2v) is 5.17. The van der Waals surface area contributed by atoms with Gasteiger partial charge in [-0.1, -0.05) is 41.7 Å². The third-order valence-electron chi connectivity index (χ3n) is 2.70. The van der Waals surface area contributed by atoms with Gasteiger partial charge < -0.3 is 11.1 Å². The molecule has 0 atom stereocenters. The molecule has 3 aromatic rings. The van der Waals surface area contributed by atoms with E-state index in [1.165, 1.54) is 23.7 Å². The van der Waals surface area contributed by atoms with Gasteiger partial charge in [-0.2, -0.15) is 0 Å². The third kappa shape index (κ3) is 2.87. The second-order valence-electron chi connectivity index (χ2n) is 4.14. The molecule has 0 aliphatic heterocycles. The number of nitrogen functional groups attached to an aromatic ring is 1. The quantitative estimate of drug-likeness (QED) is 0.774. The van der Waals surface area contributed by atoms with Crippen LogP contribution in [0.5, 0.6) is 0 Å². The summed E-state index contributed by atoms with van der Waals surface area (Å²) in [6, 6.07) is 9.75. The Morgan fingerprint density at radius 2 is 1.86 bits per heavy atom. The molecule has 0 fully saturated rings. The molecule has 21 heavy (non-hydrogen) atoms. The van der Waals surface area contributed by atoms with Crippen LogP contribution in [0, 0.1) is 0 Å². The molecule has 0 aliphatic carbocycles. The van der Waals surface area contributed by atoms with Crippen molar-refractivity contribution in [2.75, 3.05) is 11.1 Å². The molecule has 1 amide bonds. The molecule has 6 nitrogen and oxygen atoms in total. The van der Waals surface area contributed by atoms with Crippen LogP contribution in [0.3, 0.4) is 0 Å². The van der Waals surface area contributed by atoms with Crippen LogP contribution in [0.25, 0.3) is 10.6 Å². The van der Waals surface area contributed by atoms with Crippen molar-refractivity contribution in [3.63, 3.8) is 0 Å². The van der Waals surface area contributed by atoms with Crippen molar-refractivity contribution < 1.29 is 4.79 Å². The summed E-state index contributed by atoms with van der Waals surface area (Å²) in [5.41, 5.74) is 6.73. The van der Waals surface area contributed by atoms with E-state index in [1.807, 2.05) is 30.3 Å². The highest BCUT2D eigenvalue weighted by Gasteiger charge is 2.14. The number of anilines is 2. The van der Waals surface area contributed by atoms with E-state index in [2.05, 4.69) is 20.3 Å². The van der Waals surface area contributed by atoms with Crippen LogP contribution in [0.4, 0.5) is 10.8 Å². The van der Waals surface area contributed by atoms with Crippen LogP contribution < -0.4 is 11.1 Å². The highest BCUT2D eigenvalue weighted by atomic mass is 32.1. The van der Waals surface area contributed by atoms with Crippen LogP contribution in [-0.2, 0) is 0 Å². The monoisotopic (exact) mass is 297 g/mol. The minimum atomic E-state index is -0.399. The number of aromatic nitrogens is 3. The molecule has 3 rings (SSSR count). The van der Waals surface area contributed by atoms with Gasteiger partial charge in [-0.05, 0) is 0 Å². The lowest BCUT2D eigenvalue weighted by Gasteiger charge is -2.02. The first-order chi connectivity index (χ1) is 10.2. The Bertz CT molecular complexity index is 772. The molecule has 0 saturated carbocycles. The summed E-state index contributed by atoms with van der Waals surface area (Å²) in [5.74, 6) is -0.299. The Morgan fingerprint density at radius 3 is 2.62 bits per heavy atom. The fraction of sp³-hybridized carbons (Fsp3) is 0. The summed E-state index contributed by atoms with van der Waals surface area (Å²) >= 11 is 1.38. The first-order valence-electron chi connectivity index (χ1n) is 6.13. The van der Waals surface area contributed by atoms with Gasteiger partial charge in [0.2, 0.25) is 0 Å². The first-order valence-corrected chi connectivity index (χ1v) is 6.95. The maximum atomic E-state index is 12.1. The normalized spacial score (nSPS) is 10.3. The highest BCUT2D eigenvalue weighted by molar-refractivity contribution is 7.19. The number of hydrogen-bond acceptors (Lipinski definition) is 6. The van der Waals surface area contributed by atoms with Crippen LogP contribution in [0.15, 0.2) is 48.9 Å².